The van der Waals surface area contributed by atoms with Gasteiger partial charge in [-0.15, -0.1) is 0 Å². The first-order valence-electron chi connectivity index (χ1n) is 7.81. The van der Waals surface area contributed by atoms with E-state index in [9.17, 15) is 4.79 Å². The van der Waals surface area contributed by atoms with Gasteiger partial charge in [0.1, 0.15) is 0 Å². The molecule has 0 saturated carbocycles. The van der Waals surface area contributed by atoms with Crippen molar-refractivity contribution in [1.82, 2.24) is 14.8 Å². The number of nitrogens with zero attached hydrogens (tertiary/aromatic N) is 3. The van der Waals surface area contributed by atoms with Crippen LogP contribution in [0.5, 0.6) is 0 Å². The first-order chi connectivity index (χ1) is 11.2. The van der Waals surface area contributed by atoms with Crippen molar-refractivity contribution in [3.05, 3.63) is 50.9 Å². The van der Waals surface area contributed by atoms with Crippen molar-refractivity contribution in [2.75, 3.05) is 26.2 Å². The van der Waals surface area contributed by atoms with Crippen LogP contribution < -0.4 is 0 Å². The molecular formula is C17H20BrN3OS. The Labute approximate surface area is 149 Å². The fourth-order valence-electron chi connectivity index (χ4n) is 2.86. The predicted molar refractivity (Wildman–Crippen MR) is 96.4 cm³/mol. The quantitative estimate of drug-likeness (QED) is 0.799. The third-order valence-corrected chi connectivity index (χ3v) is 5.21. The Morgan fingerprint density at radius 3 is 2.91 bits per heavy atom. The molecular weight excluding hydrogens is 374 g/mol. The molecule has 0 radical (unpaired) electrons. The molecule has 0 spiro atoms. The number of thiophene rings is 1. The molecule has 0 N–H and O–H groups in total. The van der Waals surface area contributed by atoms with Gasteiger partial charge in [0, 0.05) is 49.6 Å². The van der Waals surface area contributed by atoms with Crippen LogP contribution in [0.25, 0.3) is 0 Å². The number of aromatic nitrogens is 1. The Morgan fingerprint density at radius 2 is 2.13 bits per heavy atom. The van der Waals surface area contributed by atoms with E-state index in [1.807, 2.05) is 11.0 Å². The fourth-order valence-corrected chi connectivity index (χ4v) is 3.93. The summed E-state index contributed by atoms with van der Waals surface area (Å²) in [4.78, 5) is 21.1. The van der Waals surface area contributed by atoms with E-state index in [-0.39, 0.29) is 5.91 Å². The molecule has 2 aromatic rings. The number of hydrogen-bond acceptors (Lipinski definition) is 4. The van der Waals surface area contributed by atoms with E-state index in [0.29, 0.717) is 6.42 Å². The van der Waals surface area contributed by atoms with Gasteiger partial charge in [-0.2, -0.15) is 11.3 Å². The highest BCUT2D eigenvalue weighted by molar-refractivity contribution is 9.10. The summed E-state index contributed by atoms with van der Waals surface area (Å²) in [7, 11) is 0. The van der Waals surface area contributed by atoms with E-state index in [4.69, 9.17) is 0 Å². The van der Waals surface area contributed by atoms with Gasteiger partial charge in [0.25, 0.3) is 0 Å². The Bertz CT molecular complexity index is 647. The van der Waals surface area contributed by atoms with Crippen LogP contribution in [0.4, 0.5) is 0 Å². The molecule has 0 aromatic carbocycles. The highest BCUT2D eigenvalue weighted by Gasteiger charge is 2.19. The van der Waals surface area contributed by atoms with Gasteiger partial charge < -0.3 is 4.90 Å². The van der Waals surface area contributed by atoms with Crippen LogP contribution in [0.15, 0.2) is 39.8 Å². The lowest BCUT2D eigenvalue weighted by molar-refractivity contribution is -0.130. The molecule has 3 heterocycles. The Balaban J connectivity index is 1.53. The van der Waals surface area contributed by atoms with Crippen LogP contribution in [0.3, 0.4) is 0 Å². The van der Waals surface area contributed by atoms with Crippen LogP contribution in [0, 0.1) is 0 Å². The largest absolute Gasteiger partial charge is 0.341 e. The highest BCUT2D eigenvalue weighted by Crippen LogP contribution is 2.14. The molecule has 0 aliphatic carbocycles. The Kier molecular flexibility index (Phi) is 5.80. The van der Waals surface area contributed by atoms with Gasteiger partial charge in [-0.3, -0.25) is 14.7 Å². The van der Waals surface area contributed by atoms with Crippen LogP contribution in [-0.2, 0) is 17.8 Å². The summed E-state index contributed by atoms with van der Waals surface area (Å²) in [5.41, 5.74) is 2.33. The normalized spacial score (nSPS) is 16.3. The zero-order valence-corrected chi connectivity index (χ0v) is 15.4. The highest BCUT2D eigenvalue weighted by atomic mass is 79.9. The summed E-state index contributed by atoms with van der Waals surface area (Å²) in [6.07, 6.45) is 4.97. The molecule has 4 nitrogen and oxygen atoms in total. The maximum absolute atomic E-state index is 12.5. The van der Waals surface area contributed by atoms with Crippen molar-refractivity contribution in [3.8, 4) is 0 Å². The minimum Gasteiger partial charge on any atom is -0.341 e. The number of halogens is 1. The Morgan fingerprint density at radius 1 is 1.22 bits per heavy atom. The maximum atomic E-state index is 12.5. The topological polar surface area (TPSA) is 36.4 Å². The zero-order valence-electron chi connectivity index (χ0n) is 12.9. The zero-order chi connectivity index (χ0) is 16.1. The summed E-state index contributed by atoms with van der Waals surface area (Å²) in [5, 5.41) is 4.32. The lowest BCUT2D eigenvalue weighted by Crippen LogP contribution is -2.36. The summed E-state index contributed by atoms with van der Waals surface area (Å²) < 4.78 is 0.917. The molecule has 1 saturated heterocycles. The molecule has 3 rings (SSSR count). The van der Waals surface area contributed by atoms with Gasteiger partial charge in [-0.1, -0.05) is 0 Å². The fraction of sp³-hybridized carbons (Fsp3) is 0.412. The van der Waals surface area contributed by atoms with E-state index >= 15 is 0 Å². The molecule has 23 heavy (non-hydrogen) atoms. The maximum Gasteiger partial charge on any atom is 0.227 e. The lowest BCUT2D eigenvalue weighted by Gasteiger charge is -2.22. The molecule has 0 unspecified atom stereocenters. The molecule has 1 amide bonds. The van der Waals surface area contributed by atoms with Gasteiger partial charge in [0.2, 0.25) is 5.91 Å². The smallest absolute Gasteiger partial charge is 0.227 e. The first kappa shape index (κ1) is 16.6. The standard InChI is InChI=1S/C17H20BrN3OS/c18-16-8-15(10-19-11-16)9-17(22)21-4-1-3-20(5-6-21)12-14-2-7-23-13-14/h2,7-8,10-11,13H,1,3-6,9,12H2. The average Bonchev–Trinajstić information content (AvgIpc) is 2.91. The third kappa shape index (κ3) is 4.86. The van der Waals surface area contributed by atoms with E-state index < -0.39 is 0 Å². The number of hydrogen-bond donors (Lipinski definition) is 0. The van der Waals surface area contributed by atoms with Crippen molar-refractivity contribution in [1.29, 1.82) is 0 Å². The van der Waals surface area contributed by atoms with Crippen LogP contribution in [0.1, 0.15) is 17.5 Å². The Hall–Kier alpha value is -1.24. The number of carbonyl (C=O) groups is 1. The minimum atomic E-state index is 0.197. The van der Waals surface area contributed by atoms with Gasteiger partial charge >= 0.3 is 0 Å². The van der Waals surface area contributed by atoms with Crippen molar-refractivity contribution in [2.45, 2.75) is 19.4 Å². The van der Waals surface area contributed by atoms with Crippen molar-refractivity contribution >= 4 is 33.2 Å². The molecule has 1 aliphatic heterocycles. The summed E-state index contributed by atoms with van der Waals surface area (Å²) in [6, 6.07) is 4.14. The molecule has 1 aliphatic rings. The molecule has 6 heteroatoms. The van der Waals surface area contributed by atoms with Crippen molar-refractivity contribution < 1.29 is 4.79 Å². The number of carbonyl (C=O) groups excluding carboxylic acids is 1. The second kappa shape index (κ2) is 8.04. The molecule has 0 bridgehead atoms. The van der Waals surface area contributed by atoms with E-state index in [2.05, 4.69) is 42.6 Å². The van der Waals surface area contributed by atoms with Crippen LogP contribution >= 0.6 is 27.3 Å². The van der Waals surface area contributed by atoms with E-state index in [1.54, 1.807) is 23.7 Å². The molecule has 2 aromatic heterocycles. The SMILES string of the molecule is O=C(Cc1cncc(Br)c1)N1CCCN(Cc2ccsc2)CC1. The lowest BCUT2D eigenvalue weighted by atomic mass is 10.2. The molecule has 122 valence electrons. The molecule has 1 fully saturated rings. The second-order valence-electron chi connectivity index (χ2n) is 5.83. The summed E-state index contributed by atoms with van der Waals surface area (Å²) in [5.74, 6) is 0.197. The monoisotopic (exact) mass is 393 g/mol. The summed E-state index contributed by atoms with van der Waals surface area (Å²) in [6.45, 7) is 4.64. The second-order valence-corrected chi connectivity index (χ2v) is 7.53. The third-order valence-electron chi connectivity index (χ3n) is 4.04. The van der Waals surface area contributed by atoms with Gasteiger partial charge in [0.05, 0.1) is 6.42 Å². The first-order valence-corrected chi connectivity index (χ1v) is 9.55. The van der Waals surface area contributed by atoms with Gasteiger partial charge in [-0.05, 0) is 56.4 Å². The van der Waals surface area contributed by atoms with E-state index in [0.717, 1.165) is 49.2 Å². The van der Waals surface area contributed by atoms with E-state index in [1.165, 1.54) is 5.56 Å². The predicted octanol–water partition coefficient (Wildman–Crippen LogP) is 3.18. The van der Waals surface area contributed by atoms with Crippen LogP contribution in [-0.4, -0.2) is 46.9 Å². The van der Waals surface area contributed by atoms with Crippen LogP contribution in [0.2, 0.25) is 0 Å². The number of amides is 1. The van der Waals surface area contributed by atoms with Crippen molar-refractivity contribution in [3.63, 3.8) is 0 Å². The number of rotatable bonds is 4. The van der Waals surface area contributed by atoms with Crippen molar-refractivity contribution in [2.24, 2.45) is 0 Å². The molecule has 0 atom stereocenters. The summed E-state index contributed by atoms with van der Waals surface area (Å²) >= 11 is 5.14. The minimum absolute atomic E-state index is 0.197. The van der Waals surface area contributed by atoms with Gasteiger partial charge in [0.15, 0.2) is 0 Å². The average molecular weight is 394 g/mol. The number of pyridine rings is 1. The van der Waals surface area contributed by atoms with Gasteiger partial charge in [-0.25, -0.2) is 0 Å².